The number of nitrogens with zero attached hydrogens (tertiary/aromatic N) is 1. The van der Waals surface area contributed by atoms with Crippen molar-refractivity contribution in [2.24, 2.45) is 0 Å². The van der Waals surface area contributed by atoms with E-state index in [4.69, 9.17) is 9.47 Å². The Morgan fingerprint density at radius 1 is 1.53 bits per heavy atom. The van der Waals surface area contributed by atoms with Gasteiger partial charge in [0.25, 0.3) is 0 Å². The van der Waals surface area contributed by atoms with Crippen molar-refractivity contribution in [3.05, 3.63) is 23.9 Å². The summed E-state index contributed by atoms with van der Waals surface area (Å²) in [6, 6.07) is 3.73. The van der Waals surface area contributed by atoms with Crippen molar-refractivity contribution in [3.8, 4) is 5.88 Å². The zero-order valence-electron chi connectivity index (χ0n) is 8.72. The van der Waals surface area contributed by atoms with Crippen molar-refractivity contribution in [1.29, 1.82) is 0 Å². The smallest absolute Gasteiger partial charge is 0.212 e. The molecule has 15 heavy (non-hydrogen) atoms. The fraction of sp³-hybridized carbons (Fsp3) is 0.545. The molecule has 0 spiro atoms. The van der Waals surface area contributed by atoms with Crippen molar-refractivity contribution in [1.82, 2.24) is 4.98 Å². The topological polar surface area (TPSA) is 51.6 Å². The molecule has 1 saturated heterocycles. The predicted molar refractivity (Wildman–Crippen MR) is 54.7 cm³/mol. The van der Waals surface area contributed by atoms with Crippen molar-refractivity contribution < 1.29 is 14.6 Å². The van der Waals surface area contributed by atoms with Crippen LogP contribution in [0.2, 0.25) is 0 Å². The van der Waals surface area contributed by atoms with Crippen LogP contribution in [0.5, 0.6) is 5.88 Å². The van der Waals surface area contributed by atoms with Gasteiger partial charge in [-0.3, -0.25) is 0 Å². The van der Waals surface area contributed by atoms with Gasteiger partial charge in [0.05, 0.1) is 19.3 Å². The van der Waals surface area contributed by atoms with Gasteiger partial charge in [-0.1, -0.05) is 0 Å². The Hall–Kier alpha value is -1.13. The number of methoxy groups -OCH3 is 1. The van der Waals surface area contributed by atoms with Crippen LogP contribution in [0, 0.1) is 0 Å². The fourth-order valence-electron chi connectivity index (χ4n) is 1.71. The number of pyridine rings is 1. The lowest BCUT2D eigenvalue weighted by atomic mass is 10.0. The zero-order chi connectivity index (χ0) is 10.7. The first-order valence-corrected chi connectivity index (χ1v) is 5.09. The summed E-state index contributed by atoms with van der Waals surface area (Å²) in [7, 11) is 1.59. The Morgan fingerprint density at radius 2 is 2.40 bits per heavy atom. The van der Waals surface area contributed by atoms with Crippen LogP contribution in [0.1, 0.15) is 24.5 Å². The zero-order valence-corrected chi connectivity index (χ0v) is 8.72. The highest BCUT2D eigenvalue weighted by Crippen LogP contribution is 2.28. The van der Waals surface area contributed by atoms with E-state index in [0.29, 0.717) is 18.9 Å². The Morgan fingerprint density at radius 3 is 3.00 bits per heavy atom. The van der Waals surface area contributed by atoms with Crippen LogP contribution in [0.4, 0.5) is 0 Å². The molecule has 4 nitrogen and oxygen atoms in total. The molecule has 0 aromatic carbocycles. The first-order valence-electron chi connectivity index (χ1n) is 5.09. The fourth-order valence-corrected chi connectivity index (χ4v) is 1.71. The van der Waals surface area contributed by atoms with Gasteiger partial charge in [-0.05, 0) is 18.1 Å². The summed E-state index contributed by atoms with van der Waals surface area (Å²) < 4.78 is 10.5. The van der Waals surface area contributed by atoms with Crippen LogP contribution in [-0.2, 0) is 4.74 Å². The van der Waals surface area contributed by atoms with E-state index in [-0.39, 0.29) is 12.2 Å². The lowest BCUT2D eigenvalue weighted by Gasteiger charge is -2.26. The number of hydrogen-bond acceptors (Lipinski definition) is 4. The summed E-state index contributed by atoms with van der Waals surface area (Å²) in [6.45, 7) is 0.609. The molecule has 2 heterocycles. The summed E-state index contributed by atoms with van der Waals surface area (Å²) in [6.07, 6.45) is 2.81. The van der Waals surface area contributed by atoms with Crippen LogP contribution < -0.4 is 4.74 Å². The van der Waals surface area contributed by atoms with E-state index < -0.39 is 0 Å². The summed E-state index contributed by atoms with van der Waals surface area (Å²) in [4.78, 5) is 4.11. The second-order valence-corrected chi connectivity index (χ2v) is 3.67. The number of aliphatic hydroxyl groups is 1. The normalized spacial score (nSPS) is 26.3. The molecule has 1 aliphatic rings. The van der Waals surface area contributed by atoms with Gasteiger partial charge in [-0.25, -0.2) is 4.98 Å². The maximum absolute atomic E-state index is 9.52. The molecule has 4 heteroatoms. The molecule has 1 aromatic heterocycles. The quantitative estimate of drug-likeness (QED) is 0.797. The third kappa shape index (κ3) is 2.46. The molecule has 1 aromatic rings. The van der Waals surface area contributed by atoms with E-state index >= 15 is 0 Å². The van der Waals surface area contributed by atoms with Gasteiger partial charge in [0.1, 0.15) is 0 Å². The lowest BCUT2D eigenvalue weighted by molar-refractivity contribution is -0.0449. The Labute approximate surface area is 88.9 Å². The summed E-state index contributed by atoms with van der Waals surface area (Å²) >= 11 is 0. The third-order valence-electron chi connectivity index (χ3n) is 2.60. The van der Waals surface area contributed by atoms with Crippen molar-refractivity contribution >= 4 is 0 Å². The van der Waals surface area contributed by atoms with Crippen molar-refractivity contribution in [2.75, 3.05) is 13.7 Å². The van der Waals surface area contributed by atoms with Gasteiger partial charge in [0.2, 0.25) is 5.88 Å². The van der Waals surface area contributed by atoms with Crippen LogP contribution in [-0.4, -0.2) is 29.9 Å². The molecule has 1 N–H and O–H groups in total. The SMILES string of the molecule is COc1ccc(C2CC(O)CCO2)cn1. The van der Waals surface area contributed by atoms with Crippen LogP contribution in [0.3, 0.4) is 0 Å². The molecule has 1 aliphatic heterocycles. The Balaban J connectivity index is 2.07. The third-order valence-corrected chi connectivity index (χ3v) is 2.60. The molecular formula is C11H15NO3. The molecule has 0 amide bonds. The highest BCUT2D eigenvalue weighted by molar-refractivity contribution is 5.20. The van der Waals surface area contributed by atoms with E-state index in [9.17, 15) is 5.11 Å². The average Bonchev–Trinajstić information content (AvgIpc) is 2.29. The molecule has 0 bridgehead atoms. The summed E-state index contributed by atoms with van der Waals surface area (Å²) in [5.74, 6) is 0.593. The minimum absolute atomic E-state index is 0.0350. The maximum Gasteiger partial charge on any atom is 0.212 e. The largest absolute Gasteiger partial charge is 0.481 e. The second-order valence-electron chi connectivity index (χ2n) is 3.67. The number of aromatic nitrogens is 1. The van der Waals surface area contributed by atoms with Gasteiger partial charge in [-0.2, -0.15) is 0 Å². The molecule has 1 fully saturated rings. The van der Waals surface area contributed by atoms with Crippen LogP contribution >= 0.6 is 0 Å². The van der Waals surface area contributed by atoms with E-state index in [1.54, 1.807) is 19.4 Å². The van der Waals surface area contributed by atoms with Crippen LogP contribution in [0.15, 0.2) is 18.3 Å². The van der Waals surface area contributed by atoms with E-state index in [2.05, 4.69) is 4.98 Å². The number of ether oxygens (including phenoxy) is 2. The highest BCUT2D eigenvalue weighted by Gasteiger charge is 2.22. The molecule has 2 unspecified atom stereocenters. The lowest BCUT2D eigenvalue weighted by Crippen LogP contribution is -2.23. The Kier molecular flexibility index (Phi) is 3.18. The van der Waals surface area contributed by atoms with E-state index in [1.165, 1.54) is 0 Å². The summed E-state index contributed by atoms with van der Waals surface area (Å²) in [5.41, 5.74) is 0.995. The number of rotatable bonds is 2. The number of hydrogen-bond donors (Lipinski definition) is 1. The minimum Gasteiger partial charge on any atom is -0.481 e. The molecule has 0 aliphatic carbocycles. The van der Waals surface area contributed by atoms with Gasteiger partial charge in [0, 0.05) is 25.3 Å². The monoisotopic (exact) mass is 209 g/mol. The predicted octanol–water partition coefficient (Wildman–Crippen LogP) is 1.30. The summed E-state index contributed by atoms with van der Waals surface area (Å²) in [5, 5.41) is 9.52. The number of aliphatic hydroxyl groups excluding tert-OH is 1. The Bertz CT molecular complexity index is 312. The molecule has 0 saturated carbocycles. The molecular weight excluding hydrogens is 194 g/mol. The second kappa shape index (κ2) is 4.59. The first-order chi connectivity index (χ1) is 7.29. The first kappa shape index (κ1) is 10.4. The van der Waals surface area contributed by atoms with Gasteiger partial charge >= 0.3 is 0 Å². The molecule has 82 valence electrons. The van der Waals surface area contributed by atoms with E-state index in [0.717, 1.165) is 12.0 Å². The molecule has 2 atom stereocenters. The molecule has 0 radical (unpaired) electrons. The minimum atomic E-state index is -0.258. The van der Waals surface area contributed by atoms with Crippen molar-refractivity contribution in [3.63, 3.8) is 0 Å². The van der Waals surface area contributed by atoms with Crippen molar-refractivity contribution in [2.45, 2.75) is 25.0 Å². The van der Waals surface area contributed by atoms with Gasteiger partial charge in [0.15, 0.2) is 0 Å². The van der Waals surface area contributed by atoms with Gasteiger partial charge in [-0.15, -0.1) is 0 Å². The maximum atomic E-state index is 9.52. The van der Waals surface area contributed by atoms with Gasteiger partial charge < -0.3 is 14.6 Å². The highest BCUT2D eigenvalue weighted by atomic mass is 16.5. The van der Waals surface area contributed by atoms with Crippen LogP contribution in [0.25, 0.3) is 0 Å². The van der Waals surface area contributed by atoms with E-state index in [1.807, 2.05) is 6.07 Å². The molecule has 2 rings (SSSR count). The average molecular weight is 209 g/mol. The standard InChI is InChI=1S/C11H15NO3/c1-14-11-3-2-8(7-12-11)10-6-9(13)4-5-15-10/h2-3,7,9-10,13H,4-6H2,1H3.